The van der Waals surface area contributed by atoms with Crippen molar-refractivity contribution in [3.05, 3.63) is 29.6 Å². The van der Waals surface area contributed by atoms with Gasteiger partial charge in [-0.25, -0.2) is 4.39 Å². The number of hydrogen-bond acceptors (Lipinski definition) is 3. The van der Waals surface area contributed by atoms with Crippen molar-refractivity contribution in [2.24, 2.45) is 16.3 Å². The molecular formula is C15H22FN3O. The number of oxime groups is 1. The first kappa shape index (κ1) is 14.6. The number of benzene rings is 1. The summed E-state index contributed by atoms with van der Waals surface area (Å²) >= 11 is 0. The summed E-state index contributed by atoms with van der Waals surface area (Å²) in [5.41, 5.74) is 6.87. The first-order valence-electron chi connectivity index (χ1n) is 7.02. The van der Waals surface area contributed by atoms with E-state index in [2.05, 4.69) is 23.9 Å². The molecule has 1 aromatic rings. The van der Waals surface area contributed by atoms with E-state index in [0.717, 1.165) is 32.4 Å². The second-order valence-electron chi connectivity index (χ2n) is 5.77. The van der Waals surface area contributed by atoms with Crippen molar-refractivity contribution >= 4 is 11.5 Å². The third-order valence-corrected chi connectivity index (χ3v) is 4.52. The Hall–Kier alpha value is -1.78. The average molecular weight is 279 g/mol. The summed E-state index contributed by atoms with van der Waals surface area (Å²) in [6.07, 6.45) is 3.28. The molecule has 20 heavy (non-hydrogen) atoms. The molecule has 1 aliphatic rings. The predicted molar refractivity (Wildman–Crippen MR) is 78.8 cm³/mol. The Kier molecular flexibility index (Phi) is 4.16. The monoisotopic (exact) mass is 279 g/mol. The van der Waals surface area contributed by atoms with Crippen molar-refractivity contribution in [1.82, 2.24) is 0 Å². The molecule has 3 N–H and O–H groups in total. The molecule has 1 saturated heterocycles. The normalized spacial score (nSPS) is 19.1. The highest BCUT2D eigenvalue weighted by atomic mass is 19.1. The Bertz CT molecular complexity index is 508. The predicted octanol–water partition coefficient (Wildman–Crippen LogP) is 2.94. The standard InChI is InChI=1S/C15H22FN3O/c1-3-15(2)7-9-19(10-8-15)12-6-4-5-11(16)13(12)14(17)18-20/h4-6,20H,3,7-10H2,1-2H3,(H2,17,18). The molecule has 5 heteroatoms. The molecule has 1 aromatic carbocycles. The Morgan fingerprint density at radius 1 is 1.45 bits per heavy atom. The van der Waals surface area contributed by atoms with Crippen LogP contribution in [0.15, 0.2) is 23.4 Å². The summed E-state index contributed by atoms with van der Waals surface area (Å²) in [5.74, 6) is -0.636. The fraction of sp³-hybridized carbons (Fsp3) is 0.533. The van der Waals surface area contributed by atoms with Gasteiger partial charge in [-0.15, -0.1) is 0 Å². The van der Waals surface area contributed by atoms with Gasteiger partial charge >= 0.3 is 0 Å². The summed E-state index contributed by atoms with van der Waals surface area (Å²) in [4.78, 5) is 2.12. The van der Waals surface area contributed by atoms with Gasteiger partial charge in [-0.2, -0.15) is 0 Å². The molecule has 0 spiro atoms. The molecule has 1 aliphatic heterocycles. The molecule has 0 aliphatic carbocycles. The highest BCUT2D eigenvalue weighted by molar-refractivity contribution is 6.02. The molecule has 1 fully saturated rings. The molecular weight excluding hydrogens is 257 g/mol. The maximum Gasteiger partial charge on any atom is 0.175 e. The Labute approximate surface area is 119 Å². The molecule has 0 radical (unpaired) electrons. The van der Waals surface area contributed by atoms with Crippen LogP contribution in [0.5, 0.6) is 0 Å². The van der Waals surface area contributed by atoms with E-state index in [4.69, 9.17) is 10.9 Å². The average Bonchev–Trinajstić information content (AvgIpc) is 2.47. The van der Waals surface area contributed by atoms with Crippen LogP contribution in [0.1, 0.15) is 38.7 Å². The van der Waals surface area contributed by atoms with Crippen LogP contribution in [0.25, 0.3) is 0 Å². The Morgan fingerprint density at radius 3 is 2.65 bits per heavy atom. The summed E-state index contributed by atoms with van der Waals surface area (Å²) < 4.78 is 14.0. The number of amidine groups is 1. The number of piperidine rings is 1. The SMILES string of the molecule is CCC1(C)CCN(c2cccc(F)c2C(N)=NO)CC1. The molecule has 110 valence electrons. The Balaban J connectivity index is 2.29. The lowest BCUT2D eigenvalue weighted by Crippen LogP contribution is -2.39. The van der Waals surface area contributed by atoms with Gasteiger partial charge in [0, 0.05) is 13.1 Å². The van der Waals surface area contributed by atoms with Crippen molar-refractivity contribution < 1.29 is 9.60 Å². The highest BCUT2D eigenvalue weighted by Gasteiger charge is 2.30. The fourth-order valence-corrected chi connectivity index (χ4v) is 2.72. The summed E-state index contributed by atoms with van der Waals surface area (Å²) in [6.45, 7) is 6.22. The number of nitrogens with two attached hydrogens (primary N) is 1. The van der Waals surface area contributed by atoms with E-state index in [9.17, 15) is 4.39 Å². The highest BCUT2D eigenvalue weighted by Crippen LogP contribution is 2.36. The third-order valence-electron chi connectivity index (χ3n) is 4.52. The molecule has 4 nitrogen and oxygen atoms in total. The van der Waals surface area contributed by atoms with Gasteiger partial charge in [0.1, 0.15) is 5.82 Å². The molecule has 1 heterocycles. The van der Waals surface area contributed by atoms with Crippen LogP contribution in [0, 0.1) is 11.2 Å². The second-order valence-corrected chi connectivity index (χ2v) is 5.77. The topological polar surface area (TPSA) is 61.8 Å². The van der Waals surface area contributed by atoms with Crippen LogP contribution in [-0.4, -0.2) is 24.1 Å². The minimum absolute atomic E-state index is 0.179. The molecule has 2 rings (SSSR count). The van der Waals surface area contributed by atoms with E-state index < -0.39 is 5.82 Å². The van der Waals surface area contributed by atoms with Gasteiger partial charge in [-0.1, -0.05) is 31.5 Å². The van der Waals surface area contributed by atoms with Gasteiger partial charge in [0.25, 0.3) is 0 Å². The molecule has 0 saturated carbocycles. The minimum Gasteiger partial charge on any atom is -0.409 e. The van der Waals surface area contributed by atoms with Gasteiger partial charge in [-0.05, 0) is 30.4 Å². The lowest BCUT2D eigenvalue weighted by atomic mass is 9.78. The number of nitrogens with zero attached hydrogens (tertiary/aromatic N) is 2. The zero-order valence-corrected chi connectivity index (χ0v) is 12.1. The number of halogens is 1. The fourth-order valence-electron chi connectivity index (χ4n) is 2.72. The smallest absolute Gasteiger partial charge is 0.175 e. The second kappa shape index (κ2) is 5.69. The van der Waals surface area contributed by atoms with Crippen LogP contribution in [0.3, 0.4) is 0 Å². The Morgan fingerprint density at radius 2 is 2.10 bits per heavy atom. The van der Waals surface area contributed by atoms with E-state index >= 15 is 0 Å². The van der Waals surface area contributed by atoms with E-state index in [1.165, 1.54) is 6.07 Å². The molecule has 0 amide bonds. The number of hydrogen-bond donors (Lipinski definition) is 2. The van der Waals surface area contributed by atoms with Crippen molar-refractivity contribution in [1.29, 1.82) is 0 Å². The lowest BCUT2D eigenvalue weighted by molar-refractivity contribution is 0.238. The van der Waals surface area contributed by atoms with Gasteiger partial charge in [-0.3, -0.25) is 0 Å². The molecule has 0 atom stereocenters. The maximum absolute atomic E-state index is 14.0. The van der Waals surface area contributed by atoms with Gasteiger partial charge < -0.3 is 15.8 Å². The van der Waals surface area contributed by atoms with Crippen LogP contribution in [-0.2, 0) is 0 Å². The summed E-state index contributed by atoms with van der Waals surface area (Å²) in [5, 5.41) is 11.8. The first-order valence-corrected chi connectivity index (χ1v) is 7.02. The molecule has 0 aromatic heterocycles. The van der Waals surface area contributed by atoms with Gasteiger partial charge in [0.15, 0.2) is 5.84 Å². The zero-order valence-electron chi connectivity index (χ0n) is 12.1. The number of rotatable bonds is 3. The van der Waals surface area contributed by atoms with E-state index in [1.54, 1.807) is 6.07 Å². The van der Waals surface area contributed by atoms with Crippen molar-refractivity contribution in [2.45, 2.75) is 33.1 Å². The quantitative estimate of drug-likeness (QED) is 0.387. The van der Waals surface area contributed by atoms with Gasteiger partial charge in [0.2, 0.25) is 0 Å². The van der Waals surface area contributed by atoms with E-state index in [-0.39, 0.29) is 11.4 Å². The van der Waals surface area contributed by atoms with Gasteiger partial charge in [0.05, 0.1) is 11.3 Å². The summed E-state index contributed by atoms with van der Waals surface area (Å²) in [7, 11) is 0. The van der Waals surface area contributed by atoms with Crippen LogP contribution in [0.2, 0.25) is 0 Å². The van der Waals surface area contributed by atoms with Crippen molar-refractivity contribution in [3.8, 4) is 0 Å². The van der Waals surface area contributed by atoms with Crippen LogP contribution >= 0.6 is 0 Å². The maximum atomic E-state index is 14.0. The first-order chi connectivity index (χ1) is 9.50. The zero-order chi connectivity index (χ0) is 14.8. The van der Waals surface area contributed by atoms with Crippen LogP contribution in [0.4, 0.5) is 10.1 Å². The molecule has 0 bridgehead atoms. The van der Waals surface area contributed by atoms with Crippen LogP contribution < -0.4 is 10.6 Å². The van der Waals surface area contributed by atoms with Crippen molar-refractivity contribution in [2.75, 3.05) is 18.0 Å². The third kappa shape index (κ3) is 2.71. The van der Waals surface area contributed by atoms with Crippen molar-refractivity contribution in [3.63, 3.8) is 0 Å². The number of anilines is 1. The van der Waals surface area contributed by atoms with E-state index in [1.807, 2.05) is 6.07 Å². The van der Waals surface area contributed by atoms with E-state index in [0.29, 0.717) is 11.1 Å². The largest absolute Gasteiger partial charge is 0.409 e. The lowest BCUT2D eigenvalue weighted by Gasteiger charge is -2.40. The minimum atomic E-state index is -0.457. The summed E-state index contributed by atoms with van der Waals surface area (Å²) in [6, 6.07) is 4.81. The molecule has 0 unspecified atom stereocenters.